The van der Waals surface area contributed by atoms with Gasteiger partial charge >= 0.3 is 20.0 Å². The number of hydrogen-bond donors (Lipinski definition) is 0. The second-order valence-electron chi connectivity index (χ2n) is 0. The first-order valence-electron chi connectivity index (χ1n) is 0.289. The molecule has 0 rings (SSSR count). The Kier molecular flexibility index (Phi) is 123. The van der Waals surface area contributed by atoms with E-state index in [2.05, 4.69) is 0 Å². The van der Waals surface area contributed by atoms with Crippen molar-refractivity contribution in [2.45, 2.75) is 0 Å². The molecule has 0 bridgehead atoms. The minimum absolute atomic E-state index is 0. The third-order valence-electron chi connectivity index (χ3n) is 0. The van der Waals surface area contributed by atoms with Crippen molar-refractivity contribution in [2.24, 2.45) is 0 Å². The Labute approximate surface area is 53.6 Å². The van der Waals surface area contributed by atoms with Crippen LogP contribution in [0.15, 0.2) is 0 Å². The van der Waals surface area contributed by atoms with Gasteiger partial charge in [0.1, 0.15) is 0 Å². The molecule has 28 valence electrons. The minimum atomic E-state index is 0. The maximum absolute atomic E-state index is 8.28. The molecule has 0 spiro atoms. The van der Waals surface area contributed by atoms with Crippen molar-refractivity contribution in [1.29, 1.82) is 0 Å². The van der Waals surface area contributed by atoms with E-state index < -0.39 is 0 Å². The van der Waals surface area contributed by atoms with E-state index in [0.717, 1.165) is 0 Å². The van der Waals surface area contributed by atoms with Gasteiger partial charge in [0, 0.05) is 33.6 Å². The van der Waals surface area contributed by atoms with Gasteiger partial charge in [-0.1, -0.05) is 0 Å². The van der Waals surface area contributed by atoms with Crippen LogP contribution >= 0.6 is 0 Å². The topological polar surface area (TPSA) is 17.1 Å². The van der Waals surface area contributed by atoms with E-state index in [9.17, 15) is 0 Å². The molecule has 4 heteroatoms. The molecule has 0 aliphatic heterocycles. The Morgan fingerprint density at radius 1 is 1.25 bits per heavy atom. The van der Waals surface area contributed by atoms with E-state index >= 15 is 0 Å². The van der Waals surface area contributed by atoms with Crippen LogP contribution < -0.4 is 0 Å². The molecule has 0 aromatic rings. The Balaban J connectivity index is -0.00000000500. The summed E-state index contributed by atoms with van der Waals surface area (Å²) in [6, 6.07) is 0. The Hall–Kier alpha value is 1.35. The average molecular weight is 159 g/mol. The second-order valence-corrected chi connectivity index (χ2v) is 0. The molecular formula is HAlFeNiO. The molecule has 0 atom stereocenters. The molecule has 0 saturated heterocycles. The third-order valence-corrected chi connectivity index (χ3v) is 0. The van der Waals surface area contributed by atoms with Gasteiger partial charge in [-0.25, -0.2) is 0 Å². The van der Waals surface area contributed by atoms with E-state index in [-0.39, 0.29) is 33.6 Å². The molecule has 0 aromatic heterocycles. The molecule has 0 aromatic carbocycles. The summed E-state index contributed by atoms with van der Waals surface area (Å²) in [6.45, 7) is 0. The fraction of sp³-hybridized carbons (Fsp3) is 0. The zero-order chi connectivity index (χ0) is 2.00. The molecule has 0 unspecified atom stereocenters. The predicted molar refractivity (Wildman–Crippen MR) is 7.84 cm³/mol. The standard InChI is InChI=1S/Al.Fe.Ni.O.H. The van der Waals surface area contributed by atoms with Gasteiger partial charge in [-0.2, -0.15) is 0 Å². The van der Waals surface area contributed by atoms with Crippen molar-refractivity contribution < 1.29 is 37.4 Å². The quantitative estimate of drug-likeness (QED) is 0.423. The van der Waals surface area contributed by atoms with Crippen LogP contribution in [0.3, 0.4) is 0 Å². The van der Waals surface area contributed by atoms with Gasteiger partial charge in [0.05, 0.1) is 0 Å². The molecule has 0 fully saturated rings. The van der Waals surface area contributed by atoms with Crippen LogP contribution in [0, 0.1) is 0 Å². The number of rotatable bonds is 0. The van der Waals surface area contributed by atoms with Gasteiger partial charge in [0.15, 0.2) is 0 Å². The molecule has 4 heavy (non-hydrogen) atoms. The number of hydrogen-bond acceptors (Lipinski definition) is 1. The van der Waals surface area contributed by atoms with E-state index in [1.807, 2.05) is 0 Å². The van der Waals surface area contributed by atoms with E-state index in [0.29, 0.717) is 16.2 Å². The molecule has 0 aliphatic rings. The van der Waals surface area contributed by atoms with E-state index in [1.165, 1.54) is 0 Å². The van der Waals surface area contributed by atoms with Crippen molar-refractivity contribution >= 4 is 16.2 Å². The predicted octanol–water partition coefficient (Wildman–Crippen LogP) is -0.772. The van der Waals surface area contributed by atoms with Gasteiger partial charge in [0.2, 0.25) is 0 Å². The second kappa shape index (κ2) is 26.9. The molecule has 0 radical (unpaired) electrons. The molecule has 0 aliphatic carbocycles. The van der Waals surface area contributed by atoms with Gasteiger partial charge in [-0.05, 0) is 0 Å². The molecule has 0 amide bonds. The Morgan fingerprint density at radius 2 is 1.25 bits per heavy atom. The first-order chi connectivity index (χ1) is 1.00. The van der Waals surface area contributed by atoms with Crippen LogP contribution in [-0.2, 0) is 37.4 Å². The first-order valence-corrected chi connectivity index (χ1v) is 0.866. The van der Waals surface area contributed by atoms with Crippen LogP contribution in [0.25, 0.3) is 0 Å². The summed E-state index contributed by atoms with van der Waals surface area (Å²) in [6.07, 6.45) is 0. The summed E-state index contributed by atoms with van der Waals surface area (Å²) < 4.78 is 8.28. The zero-order valence-electron chi connectivity index (χ0n) is 1.79. The summed E-state index contributed by atoms with van der Waals surface area (Å²) in [4.78, 5) is 0. The maximum atomic E-state index is 8.28. The van der Waals surface area contributed by atoms with Crippen molar-refractivity contribution in [1.82, 2.24) is 0 Å². The van der Waals surface area contributed by atoms with E-state index in [1.54, 1.807) is 0 Å². The van der Waals surface area contributed by atoms with Crippen LogP contribution in [-0.4, -0.2) is 16.2 Å². The Morgan fingerprint density at radius 3 is 1.25 bits per heavy atom. The van der Waals surface area contributed by atoms with Crippen LogP contribution in [0.2, 0.25) is 0 Å². The van der Waals surface area contributed by atoms with Crippen molar-refractivity contribution in [2.75, 3.05) is 0 Å². The third kappa shape index (κ3) is 10.2. The van der Waals surface area contributed by atoms with Crippen LogP contribution in [0.1, 0.15) is 0 Å². The summed E-state index contributed by atoms with van der Waals surface area (Å²) in [5.74, 6) is 0. The fourth-order valence-corrected chi connectivity index (χ4v) is 0. The molecule has 1 nitrogen and oxygen atoms in total. The summed E-state index contributed by atoms with van der Waals surface area (Å²) in [5, 5.41) is 0. The SMILES string of the molecule is [Fe].[Ni].[O]=[AlH]. The monoisotopic (exact) mass is 158 g/mol. The molecule has 0 saturated carbocycles. The van der Waals surface area contributed by atoms with Crippen molar-refractivity contribution in [3.05, 3.63) is 0 Å². The van der Waals surface area contributed by atoms with Gasteiger partial charge in [-0.15, -0.1) is 0 Å². The van der Waals surface area contributed by atoms with Crippen LogP contribution in [0.5, 0.6) is 0 Å². The van der Waals surface area contributed by atoms with Gasteiger partial charge in [-0.3, -0.25) is 0 Å². The van der Waals surface area contributed by atoms with Gasteiger partial charge in [0.25, 0.3) is 0 Å². The van der Waals surface area contributed by atoms with Crippen molar-refractivity contribution in [3.8, 4) is 0 Å². The van der Waals surface area contributed by atoms with E-state index in [4.69, 9.17) is 3.80 Å². The molecular weight excluding hydrogens is 158 g/mol. The van der Waals surface area contributed by atoms with Crippen molar-refractivity contribution in [3.63, 3.8) is 0 Å². The summed E-state index contributed by atoms with van der Waals surface area (Å²) in [7, 11) is 0. The zero-order valence-corrected chi connectivity index (χ0v) is 5.29. The normalized spacial score (nSPS) is 0.750. The summed E-state index contributed by atoms with van der Waals surface area (Å²) in [5.41, 5.74) is 0. The first kappa shape index (κ1) is 18.3. The molecule has 0 N–H and O–H groups in total. The fourth-order valence-electron chi connectivity index (χ4n) is 0. The molecule has 0 heterocycles. The van der Waals surface area contributed by atoms with Gasteiger partial charge < -0.3 is 0 Å². The Bertz CT molecular complexity index is 8.00. The van der Waals surface area contributed by atoms with Crippen LogP contribution in [0.4, 0.5) is 0 Å². The average Bonchev–Trinajstić information content (AvgIpc) is 1.00. The summed E-state index contributed by atoms with van der Waals surface area (Å²) >= 11 is 0.611.